The van der Waals surface area contributed by atoms with E-state index in [0.717, 1.165) is 6.54 Å². The Morgan fingerprint density at radius 3 is 2.25 bits per heavy atom. The second-order valence-electron chi connectivity index (χ2n) is 5.79. The van der Waals surface area contributed by atoms with Crippen LogP contribution in [0.3, 0.4) is 0 Å². The van der Waals surface area contributed by atoms with Gasteiger partial charge >= 0.3 is 0 Å². The highest BCUT2D eigenvalue weighted by Crippen LogP contribution is 2.51. The molecule has 1 saturated carbocycles. The molecular weight excluding hydrogens is 224 g/mol. The van der Waals surface area contributed by atoms with E-state index in [1.165, 1.54) is 12.8 Å². The molecule has 0 aromatic heterocycles. The SMILES string of the molecule is CC(C)C1(CNC(=O)C(C)(C)CN)CC1.Cl. The molecule has 0 unspecified atom stereocenters. The van der Waals surface area contributed by atoms with Crippen LogP contribution in [0.15, 0.2) is 0 Å². The van der Waals surface area contributed by atoms with Crippen LogP contribution in [0.1, 0.15) is 40.5 Å². The first-order valence-electron chi connectivity index (χ1n) is 5.82. The number of halogens is 1. The summed E-state index contributed by atoms with van der Waals surface area (Å²) in [6.45, 7) is 9.44. The third kappa shape index (κ3) is 3.36. The van der Waals surface area contributed by atoms with Gasteiger partial charge in [0, 0.05) is 13.1 Å². The second-order valence-corrected chi connectivity index (χ2v) is 5.79. The number of rotatable bonds is 5. The third-order valence-electron chi connectivity index (χ3n) is 3.84. The van der Waals surface area contributed by atoms with Gasteiger partial charge in [-0.1, -0.05) is 13.8 Å². The highest BCUT2D eigenvalue weighted by molar-refractivity contribution is 5.85. The molecule has 0 radical (unpaired) electrons. The molecule has 3 nitrogen and oxygen atoms in total. The van der Waals surface area contributed by atoms with Crippen LogP contribution in [-0.2, 0) is 4.79 Å². The zero-order valence-electron chi connectivity index (χ0n) is 10.8. The van der Waals surface area contributed by atoms with Crippen molar-refractivity contribution in [2.24, 2.45) is 22.5 Å². The summed E-state index contributed by atoms with van der Waals surface area (Å²) >= 11 is 0. The molecule has 96 valence electrons. The van der Waals surface area contributed by atoms with E-state index in [4.69, 9.17) is 5.73 Å². The van der Waals surface area contributed by atoms with Crippen molar-refractivity contribution in [3.63, 3.8) is 0 Å². The Hall–Kier alpha value is -0.280. The number of carbonyl (C=O) groups is 1. The molecule has 16 heavy (non-hydrogen) atoms. The summed E-state index contributed by atoms with van der Waals surface area (Å²) in [5.74, 6) is 0.732. The molecule has 1 rings (SSSR count). The van der Waals surface area contributed by atoms with E-state index in [1.807, 2.05) is 13.8 Å². The third-order valence-corrected chi connectivity index (χ3v) is 3.84. The minimum Gasteiger partial charge on any atom is -0.355 e. The Balaban J connectivity index is 0.00000225. The minimum absolute atomic E-state index is 0. The summed E-state index contributed by atoms with van der Waals surface area (Å²) < 4.78 is 0. The summed E-state index contributed by atoms with van der Waals surface area (Å²) in [4.78, 5) is 11.8. The minimum atomic E-state index is -0.437. The average molecular weight is 249 g/mol. The molecule has 0 heterocycles. The lowest BCUT2D eigenvalue weighted by molar-refractivity contribution is -0.129. The maximum absolute atomic E-state index is 11.8. The van der Waals surface area contributed by atoms with Gasteiger partial charge in [-0.2, -0.15) is 0 Å². The highest BCUT2D eigenvalue weighted by Gasteiger charge is 2.45. The first kappa shape index (κ1) is 15.7. The first-order chi connectivity index (χ1) is 6.84. The fourth-order valence-corrected chi connectivity index (χ4v) is 1.71. The summed E-state index contributed by atoms with van der Waals surface area (Å²) in [6.07, 6.45) is 2.49. The molecule has 1 fully saturated rings. The summed E-state index contributed by atoms with van der Waals surface area (Å²) in [6, 6.07) is 0. The van der Waals surface area contributed by atoms with Crippen LogP contribution >= 0.6 is 12.4 Å². The van der Waals surface area contributed by atoms with Gasteiger partial charge in [0.05, 0.1) is 5.41 Å². The van der Waals surface area contributed by atoms with Crippen LogP contribution in [0.5, 0.6) is 0 Å². The second kappa shape index (κ2) is 5.37. The van der Waals surface area contributed by atoms with E-state index in [1.54, 1.807) is 0 Å². The molecule has 0 spiro atoms. The van der Waals surface area contributed by atoms with Crippen molar-refractivity contribution >= 4 is 18.3 Å². The van der Waals surface area contributed by atoms with E-state index in [9.17, 15) is 4.79 Å². The van der Waals surface area contributed by atoms with Crippen LogP contribution in [0.2, 0.25) is 0 Å². The Kier molecular flexibility index (Phi) is 5.27. The van der Waals surface area contributed by atoms with Gasteiger partial charge in [0.1, 0.15) is 0 Å². The molecule has 1 amide bonds. The molecule has 0 atom stereocenters. The van der Waals surface area contributed by atoms with Crippen LogP contribution in [0, 0.1) is 16.7 Å². The van der Waals surface area contributed by atoms with Crippen LogP contribution < -0.4 is 11.1 Å². The van der Waals surface area contributed by atoms with Crippen molar-refractivity contribution in [2.45, 2.75) is 40.5 Å². The normalized spacial score (nSPS) is 17.9. The zero-order valence-corrected chi connectivity index (χ0v) is 11.6. The van der Waals surface area contributed by atoms with Crippen molar-refractivity contribution in [1.82, 2.24) is 5.32 Å². The molecule has 1 aliphatic carbocycles. The van der Waals surface area contributed by atoms with Gasteiger partial charge in [0.15, 0.2) is 0 Å². The largest absolute Gasteiger partial charge is 0.355 e. The monoisotopic (exact) mass is 248 g/mol. The molecule has 4 heteroatoms. The maximum atomic E-state index is 11.8. The Morgan fingerprint density at radius 1 is 1.44 bits per heavy atom. The van der Waals surface area contributed by atoms with E-state index in [0.29, 0.717) is 17.9 Å². The van der Waals surface area contributed by atoms with Gasteiger partial charge < -0.3 is 11.1 Å². The predicted octanol–water partition coefficient (Wildman–Crippen LogP) is 1.95. The van der Waals surface area contributed by atoms with Crippen LogP contribution in [-0.4, -0.2) is 19.0 Å². The van der Waals surface area contributed by atoms with Gasteiger partial charge in [-0.05, 0) is 38.0 Å². The number of nitrogens with one attached hydrogen (secondary N) is 1. The standard InChI is InChI=1S/C12H24N2O.ClH/c1-9(2)12(5-6-12)8-14-10(15)11(3,4)7-13;/h9H,5-8,13H2,1-4H3,(H,14,15);1H. The molecule has 0 aliphatic heterocycles. The lowest BCUT2D eigenvalue weighted by Crippen LogP contribution is -2.44. The van der Waals surface area contributed by atoms with Gasteiger partial charge in [-0.15, -0.1) is 12.4 Å². The maximum Gasteiger partial charge on any atom is 0.226 e. The first-order valence-corrected chi connectivity index (χ1v) is 5.82. The fraction of sp³-hybridized carbons (Fsp3) is 0.917. The quantitative estimate of drug-likeness (QED) is 0.781. The van der Waals surface area contributed by atoms with Crippen molar-refractivity contribution in [2.75, 3.05) is 13.1 Å². The van der Waals surface area contributed by atoms with Gasteiger partial charge in [-0.25, -0.2) is 0 Å². The lowest BCUT2D eigenvalue weighted by atomic mass is 9.90. The van der Waals surface area contributed by atoms with Gasteiger partial charge in [0.2, 0.25) is 5.91 Å². The summed E-state index contributed by atoms with van der Waals surface area (Å²) in [5, 5.41) is 3.04. The molecule has 0 aromatic carbocycles. The molecule has 0 bridgehead atoms. The summed E-state index contributed by atoms with van der Waals surface area (Å²) in [7, 11) is 0. The molecule has 1 aliphatic rings. The number of hydrogen-bond acceptors (Lipinski definition) is 2. The predicted molar refractivity (Wildman–Crippen MR) is 69.6 cm³/mol. The Bertz CT molecular complexity index is 247. The molecule has 3 N–H and O–H groups in total. The zero-order chi connectivity index (χ0) is 11.7. The van der Waals surface area contributed by atoms with E-state index in [2.05, 4.69) is 19.2 Å². The number of hydrogen-bond donors (Lipinski definition) is 2. The number of nitrogens with two attached hydrogens (primary N) is 1. The highest BCUT2D eigenvalue weighted by atomic mass is 35.5. The average Bonchev–Trinajstić information content (AvgIpc) is 2.95. The smallest absolute Gasteiger partial charge is 0.226 e. The van der Waals surface area contributed by atoms with Crippen molar-refractivity contribution in [3.05, 3.63) is 0 Å². The number of carbonyl (C=O) groups excluding carboxylic acids is 1. The van der Waals surface area contributed by atoms with Gasteiger partial charge in [0.25, 0.3) is 0 Å². The molecular formula is C12H25ClN2O. The summed E-state index contributed by atoms with van der Waals surface area (Å²) in [5.41, 5.74) is 5.50. The van der Waals surface area contributed by atoms with Crippen LogP contribution in [0.25, 0.3) is 0 Å². The van der Waals surface area contributed by atoms with Crippen molar-refractivity contribution < 1.29 is 4.79 Å². The Labute approximate surface area is 105 Å². The topological polar surface area (TPSA) is 55.1 Å². The molecule has 0 aromatic rings. The van der Waals surface area contributed by atoms with E-state index >= 15 is 0 Å². The Morgan fingerprint density at radius 2 is 1.94 bits per heavy atom. The van der Waals surface area contributed by atoms with E-state index in [-0.39, 0.29) is 18.3 Å². The lowest BCUT2D eigenvalue weighted by Gasteiger charge is -2.25. The number of amides is 1. The van der Waals surface area contributed by atoms with Crippen molar-refractivity contribution in [3.8, 4) is 0 Å². The molecule has 0 saturated heterocycles. The van der Waals surface area contributed by atoms with Crippen molar-refractivity contribution in [1.29, 1.82) is 0 Å². The van der Waals surface area contributed by atoms with Gasteiger partial charge in [-0.3, -0.25) is 4.79 Å². The fourth-order valence-electron chi connectivity index (χ4n) is 1.71. The van der Waals surface area contributed by atoms with Crippen LogP contribution in [0.4, 0.5) is 0 Å². The van der Waals surface area contributed by atoms with E-state index < -0.39 is 5.41 Å².